The summed E-state index contributed by atoms with van der Waals surface area (Å²) in [6.45, 7) is 2.71. The molecule has 5 nitrogen and oxygen atoms in total. The lowest BCUT2D eigenvalue weighted by Crippen LogP contribution is -2.17. The highest BCUT2D eigenvalue weighted by Gasteiger charge is 2.17. The summed E-state index contributed by atoms with van der Waals surface area (Å²) in [5.74, 6) is 1.05. The molecule has 18 heavy (non-hydrogen) atoms. The molecule has 1 aromatic heterocycles. The highest BCUT2D eigenvalue weighted by molar-refractivity contribution is 9.10. The first-order valence-electron chi connectivity index (χ1n) is 5.64. The van der Waals surface area contributed by atoms with Crippen LogP contribution in [0.4, 0.5) is 5.69 Å². The number of halogens is 1. The third-order valence-electron chi connectivity index (χ3n) is 2.64. The van der Waals surface area contributed by atoms with Crippen molar-refractivity contribution in [2.45, 2.75) is 26.3 Å². The molecule has 1 unspecified atom stereocenters. The molecule has 0 aliphatic carbocycles. The number of rotatable bonds is 6. The third-order valence-corrected chi connectivity index (χ3v) is 3.72. The monoisotopic (exact) mass is 334 g/mol. The van der Waals surface area contributed by atoms with Crippen molar-refractivity contribution in [1.82, 2.24) is 4.57 Å². The van der Waals surface area contributed by atoms with Crippen LogP contribution in [0, 0.1) is 16.0 Å². The van der Waals surface area contributed by atoms with E-state index in [-0.39, 0.29) is 4.47 Å². The van der Waals surface area contributed by atoms with E-state index >= 15 is 0 Å². The van der Waals surface area contributed by atoms with Gasteiger partial charge in [0.1, 0.15) is 0 Å². The molecule has 0 spiro atoms. The minimum Gasteiger partial charge on any atom is -0.347 e. The number of thiol groups is 1. The molecule has 0 radical (unpaired) electrons. The van der Waals surface area contributed by atoms with Crippen molar-refractivity contribution < 1.29 is 4.92 Å². The lowest BCUT2D eigenvalue weighted by molar-refractivity contribution is -0.386. The first kappa shape index (κ1) is 15.2. The summed E-state index contributed by atoms with van der Waals surface area (Å²) in [5, 5.41) is 10.8. The third kappa shape index (κ3) is 3.84. The summed E-state index contributed by atoms with van der Waals surface area (Å²) >= 11 is 7.33. The van der Waals surface area contributed by atoms with Gasteiger partial charge in [0.2, 0.25) is 0 Å². The van der Waals surface area contributed by atoms with E-state index in [0.717, 1.165) is 12.8 Å². The van der Waals surface area contributed by atoms with Crippen LogP contribution in [0.25, 0.3) is 0 Å². The summed E-state index contributed by atoms with van der Waals surface area (Å²) in [7, 11) is 0. The minimum absolute atomic E-state index is 0.214. The van der Waals surface area contributed by atoms with E-state index in [2.05, 4.69) is 35.5 Å². The highest BCUT2D eigenvalue weighted by Crippen LogP contribution is 2.15. The van der Waals surface area contributed by atoms with Crippen LogP contribution in [-0.4, -0.2) is 15.2 Å². The van der Waals surface area contributed by atoms with Crippen LogP contribution < -0.4 is 5.43 Å². The Morgan fingerprint density at radius 3 is 2.72 bits per heavy atom. The molecule has 1 aromatic rings. The predicted molar refractivity (Wildman–Crippen MR) is 77.3 cm³/mol. The van der Waals surface area contributed by atoms with Gasteiger partial charge in [-0.2, -0.15) is 12.6 Å². The lowest BCUT2D eigenvalue weighted by atomic mass is 10.1. The summed E-state index contributed by atoms with van der Waals surface area (Å²) in [6, 6.07) is 0. The van der Waals surface area contributed by atoms with E-state index in [9.17, 15) is 14.9 Å². The Morgan fingerprint density at radius 1 is 1.56 bits per heavy atom. The molecule has 100 valence electrons. The Balaban J connectivity index is 3.03. The van der Waals surface area contributed by atoms with Crippen LogP contribution in [0.15, 0.2) is 21.7 Å². The number of hydrogen-bond donors (Lipinski definition) is 1. The van der Waals surface area contributed by atoms with Gasteiger partial charge >= 0.3 is 5.69 Å². The lowest BCUT2D eigenvalue weighted by Gasteiger charge is -2.15. The maximum Gasteiger partial charge on any atom is 0.333 e. The Kier molecular flexibility index (Phi) is 5.87. The van der Waals surface area contributed by atoms with Crippen molar-refractivity contribution in [3.8, 4) is 0 Å². The van der Waals surface area contributed by atoms with Crippen molar-refractivity contribution in [1.29, 1.82) is 0 Å². The molecule has 0 amide bonds. The Bertz CT molecular complexity index is 490. The van der Waals surface area contributed by atoms with Gasteiger partial charge in [0.05, 0.1) is 15.6 Å². The number of pyridine rings is 1. The Labute approximate surface area is 119 Å². The Morgan fingerprint density at radius 2 is 2.22 bits per heavy atom. The fraction of sp³-hybridized carbons (Fsp3) is 0.545. The Hall–Kier alpha value is -0.820. The topological polar surface area (TPSA) is 65.1 Å². The maximum absolute atomic E-state index is 11.5. The quantitative estimate of drug-likeness (QED) is 0.494. The standard InChI is InChI=1S/C11H15BrN2O3S/c1-2-3-8(7-18)4-13-5-9(12)11(15)10(6-13)14(16)17/h5-6,8,18H,2-4,7H2,1H3. The maximum atomic E-state index is 11.5. The van der Waals surface area contributed by atoms with Crippen LogP contribution in [-0.2, 0) is 6.54 Å². The molecule has 0 saturated heterocycles. The zero-order valence-corrected chi connectivity index (χ0v) is 12.5. The van der Waals surface area contributed by atoms with Crippen molar-refractivity contribution in [3.05, 3.63) is 37.2 Å². The second-order valence-corrected chi connectivity index (χ2v) is 5.33. The molecular formula is C11H15BrN2O3S. The van der Waals surface area contributed by atoms with Gasteiger partial charge in [-0.3, -0.25) is 14.9 Å². The van der Waals surface area contributed by atoms with Crippen molar-refractivity contribution in [2.24, 2.45) is 5.92 Å². The summed E-state index contributed by atoms with van der Waals surface area (Å²) < 4.78 is 1.89. The van der Waals surface area contributed by atoms with Gasteiger partial charge in [0.25, 0.3) is 5.43 Å². The fourth-order valence-corrected chi connectivity index (χ4v) is 2.53. The van der Waals surface area contributed by atoms with Crippen molar-refractivity contribution in [3.63, 3.8) is 0 Å². The molecule has 0 fully saturated rings. The normalized spacial score (nSPS) is 12.4. The molecule has 1 rings (SSSR count). The van der Waals surface area contributed by atoms with Gasteiger partial charge in [-0.05, 0) is 34.0 Å². The van der Waals surface area contributed by atoms with E-state index in [1.54, 1.807) is 10.8 Å². The van der Waals surface area contributed by atoms with Crippen LogP contribution in [0.3, 0.4) is 0 Å². The molecule has 1 atom stereocenters. The van der Waals surface area contributed by atoms with E-state index in [1.807, 2.05) is 0 Å². The zero-order chi connectivity index (χ0) is 13.7. The number of nitrogens with zero attached hydrogens (tertiary/aromatic N) is 2. The van der Waals surface area contributed by atoms with E-state index < -0.39 is 16.0 Å². The largest absolute Gasteiger partial charge is 0.347 e. The smallest absolute Gasteiger partial charge is 0.333 e. The SMILES string of the molecule is CCCC(CS)Cn1cc(Br)c(=O)c([N+](=O)[O-])c1. The van der Waals surface area contributed by atoms with Crippen LogP contribution in [0.1, 0.15) is 19.8 Å². The summed E-state index contributed by atoms with van der Waals surface area (Å²) in [6.07, 6.45) is 4.91. The minimum atomic E-state index is -0.654. The molecule has 7 heteroatoms. The van der Waals surface area contributed by atoms with Crippen LogP contribution >= 0.6 is 28.6 Å². The number of aromatic nitrogens is 1. The predicted octanol–water partition coefficient (Wildman–Crippen LogP) is 2.87. The van der Waals surface area contributed by atoms with Gasteiger partial charge in [-0.1, -0.05) is 13.3 Å². The van der Waals surface area contributed by atoms with Crippen molar-refractivity contribution in [2.75, 3.05) is 5.75 Å². The molecule has 0 saturated carbocycles. The van der Waals surface area contributed by atoms with Gasteiger partial charge in [0, 0.05) is 12.7 Å². The summed E-state index contributed by atoms with van der Waals surface area (Å²) in [4.78, 5) is 21.6. The molecule has 0 aromatic carbocycles. The molecule has 0 aliphatic rings. The molecule has 0 bridgehead atoms. The highest BCUT2D eigenvalue weighted by atomic mass is 79.9. The second kappa shape index (κ2) is 6.94. The van der Waals surface area contributed by atoms with E-state index in [1.165, 1.54) is 6.20 Å². The second-order valence-electron chi connectivity index (χ2n) is 4.11. The van der Waals surface area contributed by atoms with E-state index in [4.69, 9.17) is 0 Å². The summed E-state index contributed by atoms with van der Waals surface area (Å²) in [5.41, 5.74) is -0.993. The van der Waals surface area contributed by atoms with Crippen LogP contribution in [0.5, 0.6) is 0 Å². The molecule has 1 heterocycles. The molecule has 0 aliphatic heterocycles. The number of hydrogen-bond acceptors (Lipinski definition) is 4. The van der Waals surface area contributed by atoms with Gasteiger partial charge in [-0.15, -0.1) is 0 Å². The number of nitro groups is 1. The van der Waals surface area contributed by atoms with Gasteiger partial charge in [-0.25, -0.2) is 0 Å². The van der Waals surface area contributed by atoms with E-state index in [0.29, 0.717) is 18.2 Å². The zero-order valence-electron chi connectivity index (χ0n) is 10.0. The van der Waals surface area contributed by atoms with Crippen molar-refractivity contribution >= 4 is 34.2 Å². The average molecular weight is 335 g/mol. The van der Waals surface area contributed by atoms with Gasteiger partial charge < -0.3 is 4.57 Å². The first-order chi connectivity index (χ1) is 8.49. The average Bonchev–Trinajstić information content (AvgIpc) is 2.32. The first-order valence-corrected chi connectivity index (χ1v) is 7.07. The molecular weight excluding hydrogens is 320 g/mol. The fourth-order valence-electron chi connectivity index (χ4n) is 1.76. The molecule has 0 N–H and O–H groups in total. The van der Waals surface area contributed by atoms with Crippen LogP contribution in [0.2, 0.25) is 0 Å². The van der Waals surface area contributed by atoms with Gasteiger partial charge in [0.15, 0.2) is 0 Å².